The van der Waals surface area contributed by atoms with Crippen molar-refractivity contribution in [3.63, 3.8) is 0 Å². The maximum Gasteiger partial charge on any atom is 0.300 e. The third kappa shape index (κ3) is 4.48. The van der Waals surface area contributed by atoms with Crippen molar-refractivity contribution in [3.8, 4) is 5.75 Å². The first-order valence-electron chi connectivity index (χ1n) is 11.4. The van der Waals surface area contributed by atoms with Gasteiger partial charge in [-0.3, -0.25) is 14.5 Å². The van der Waals surface area contributed by atoms with E-state index in [1.807, 2.05) is 46.1 Å². The molecule has 0 bridgehead atoms. The Morgan fingerprint density at radius 1 is 1.14 bits per heavy atom. The average molecular weight is 494 g/mol. The molecule has 1 N–H and O–H groups in total. The summed E-state index contributed by atoms with van der Waals surface area (Å²) >= 11 is 1.38. The molecular formula is C28H28FNO4S. The molecule has 1 saturated heterocycles. The fourth-order valence-corrected chi connectivity index (χ4v) is 5.36. The fraction of sp³-hybridized carbons (Fsp3) is 0.286. The van der Waals surface area contributed by atoms with Gasteiger partial charge in [-0.1, -0.05) is 26.8 Å². The van der Waals surface area contributed by atoms with E-state index in [1.54, 1.807) is 24.3 Å². The summed E-state index contributed by atoms with van der Waals surface area (Å²) < 4.78 is 19.9. The Morgan fingerprint density at radius 3 is 2.49 bits per heavy atom. The molecule has 1 aliphatic heterocycles. The number of aliphatic hydroxyl groups is 1. The summed E-state index contributed by atoms with van der Waals surface area (Å²) in [5.74, 6) is -1.71. The molecular weight excluding hydrogens is 465 g/mol. The van der Waals surface area contributed by atoms with Crippen LogP contribution in [0.5, 0.6) is 5.75 Å². The van der Waals surface area contributed by atoms with E-state index in [4.69, 9.17) is 4.74 Å². The van der Waals surface area contributed by atoms with Crippen molar-refractivity contribution in [2.24, 2.45) is 0 Å². The van der Waals surface area contributed by atoms with Crippen LogP contribution in [0.4, 0.5) is 10.1 Å². The van der Waals surface area contributed by atoms with E-state index in [1.165, 1.54) is 34.4 Å². The van der Waals surface area contributed by atoms with E-state index in [9.17, 15) is 19.1 Å². The number of ketones is 1. The molecule has 4 rings (SSSR count). The molecule has 0 aliphatic carbocycles. The molecule has 0 spiro atoms. The van der Waals surface area contributed by atoms with Crippen LogP contribution in [-0.4, -0.2) is 23.4 Å². The number of thiophene rings is 1. The van der Waals surface area contributed by atoms with Gasteiger partial charge >= 0.3 is 0 Å². The van der Waals surface area contributed by atoms with Crippen molar-refractivity contribution in [2.75, 3.05) is 11.5 Å². The third-order valence-electron chi connectivity index (χ3n) is 6.04. The molecule has 5 nitrogen and oxygen atoms in total. The lowest BCUT2D eigenvalue weighted by Crippen LogP contribution is -2.29. The molecule has 35 heavy (non-hydrogen) atoms. The molecule has 0 saturated carbocycles. The highest BCUT2D eigenvalue weighted by molar-refractivity contribution is 7.10. The van der Waals surface area contributed by atoms with E-state index in [2.05, 4.69) is 0 Å². The second-order valence-electron chi connectivity index (χ2n) is 9.51. The molecule has 1 atom stereocenters. The van der Waals surface area contributed by atoms with E-state index in [0.717, 1.165) is 16.0 Å². The Labute approximate surface area is 208 Å². The first-order chi connectivity index (χ1) is 16.5. The Balaban J connectivity index is 1.95. The van der Waals surface area contributed by atoms with Gasteiger partial charge in [0.25, 0.3) is 11.7 Å². The van der Waals surface area contributed by atoms with Crippen LogP contribution >= 0.6 is 11.3 Å². The van der Waals surface area contributed by atoms with Gasteiger partial charge in [0.2, 0.25) is 0 Å². The predicted molar refractivity (Wildman–Crippen MR) is 137 cm³/mol. The minimum atomic E-state index is -0.874. The van der Waals surface area contributed by atoms with Crippen molar-refractivity contribution >= 4 is 34.5 Å². The van der Waals surface area contributed by atoms with Gasteiger partial charge in [-0.15, -0.1) is 11.3 Å². The Morgan fingerprint density at radius 2 is 1.89 bits per heavy atom. The van der Waals surface area contributed by atoms with Crippen LogP contribution in [0, 0.1) is 12.7 Å². The van der Waals surface area contributed by atoms with Crippen LogP contribution in [0.3, 0.4) is 0 Å². The van der Waals surface area contributed by atoms with Crippen LogP contribution in [-0.2, 0) is 15.0 Å². The molecule has 0 radical (unpaired) electrons. The van der Waals surface area contributed by atoms with E-state index >= 15 is 0 Å². The monoisotopic (exact) mass is 493 g/mol. The lowest BCUT2D eigenvalue weighted by molar-refractivity contribution is -0.132. The summed E-state index contributed by atoms with van der Waals surface area (Å²) in [4.78, 5) is 28.6. The van der Waals surface area contributed by atoms with E-state index < -0.39 is 23.5 Å². The summed E-state index contributed by atoms with van der Waals surface area (Å²) in [6, 6.07) is 11.8. The lowest BCUT2D eigenvalue weighted by Gasteiger charge is -2.26. The number of carbonyl (C=O) groups is 2. The third-order valence-corrected chi connectivity index (χ3v) is 7.11. The number of hydrogen-bond donors (Lipinski definition) is 1. The minimum Gasteiger partial charge on any atom is -0.507 e. The van der Waals surface area contributed by atoms with Crippen LogP contribution < -0.4 is 9.64 Å². The van der Waals surface area contributed by atoms with Crippen LogP contribution in [0.1, 0.15) is 55.3 Å². The van der Waals surface area contributed by atoms with Gasteiger partial charge in [0.15, 0.2) is 0 Å². The number of rotatable bonds is 5. The van der Waals surface area contributed by atoms with Gasteiger partial charge in [0.1, 0.15) is 23.4 Å². The predicted octanol–water partition coefficient (Wildman–Crippen LogP) is 6.52. The molecule has 3 aromatic rings. The molecule has 2 aromatic carbocycles. The number of amides is 1. The standard InChI is InChI=1S/C28H28FNO4S/c1-6-34-21-11-10-17(14-20(21)28(3,4)5)24(31)22-23(26-16(2)12-13-35-26)30(27(33)25(22)32)19-9-7-8-18(29)15-19/h7-15,23,31H,6H2,1-5H3/b24-22-. The number of hydrogen-bond acceptors (Lipinski definition) is 5. The maximum absolute atomic E-state index is 14.1. The van der Waals surface area contributed by atoms with Crippen molar-refractivity contribution in [2.45, 2.75) is 46.1 Å². The highest BCUT2D eigenvalue weighted by Gasteiger charge is 2.48. The molecule has 7 heteroatoms. The topological polar surface area (TPSA) is 66.8 Å². The van der Waals surface area contributed by atoms with E-state index in [-0.39, 0.29) is 22.4 Å². The Kier molecular flexibility index (Phi) is 6.56. The van der Waals surface area contributed by atoms with Gasteiger partial charge in [0.05, 0.1) is 12.2 Å². The molecule has 1 aromatic heterocycles. The minimum absolute atomic E-state index is 0.0196. The van der Waals surface area contributed by atoms with Crippen molar-refractivity contribution in [1.82, 2.24) is 0 Å². The SMILES string of the molecule is CCOc1ccc(/C(O)=C2/C(=O)C(=O)N(c3cccc(F)c3)C2c2sccc2C)cc1C(C)(C)C. The number of anilines is 1. The smallest absolute Gasteiger partial charge is 0.300 e. The second-order valence-corrected chi connectivity index (χ2v) is 10.5. The summed E-state index contributed by atoms with van der Waals surface area (Å²) in [5.41, 5.74) is 2.09. The largest absolute Gasteiger partial charge is 0.507 e. The highest BCUT2D eigenvalue weighted by Crippen LogP contribution is 2.45. The molecule has 1 amide bonds. The number of aryl methyl sites for hydroxylation is 1. The number of aliphatic hydroxyl groups excluding tert-OH is 1. The van der Waals surface area contributed by atoms with Crippen molar-refractivity contribution in [1.29, 1.82) is 0 Å². The molecule has 1 fully saturated rings. The number of benzene rings is 2. The van der Waals surface area contributed by atoms with Crippen LogP contribution in [0.25, 0.3) is 5.76 Å². The second kappa shape index (κ2) is 9.30. The Bertz CT molecular complexity index is 1330. The summed E-state index contributed by atoms with van der Waals surface area (Å²) in [5, 5.41) is 13.3. The molecule has 182 valence electrons. The quantitative estimate of drug-likeness (QED) is 0.250. The number of Topliss-reactive ketones (excluding diaryl/α,β-unsaturated/α-hetero) is 1. The van der Waals surface area contributed by atoms with Crippen molar-refractivity contribution in [3.05, 3.63) is 86.9 Å². The number of ether oxygens (including phenoxy) is 1. The van der Waals surface area contributed by atoms with Gasteiger partial charge in [-0.2, -0.15) is 0 Å². The number of halogens is 1. The van der Waals surface area contributed by atoms with Crippen LogP contribution in [0.15, 0.2) is 59.5 Å². The summed E-state index contributed by atoms with van der Waals surface area (Å²) in [6.45, 7) is 10.4. The van der Waals surface area contributed by atoms with Gasteiger partial charge in [0, 0.05) is 21.7 Å². The summed E-state index contributed by atoms with van der Waals surface area (Å²) in [6.07, 6.45) is 0. The van der Waals surface area contributed by atoms with Gasteiger partial charge in [-0.05, 0) is 72.7 Å². The van der Waals surface area contributed by atoms with E-state index in [0.29, 0.717) is 17.9 Å². The number of carbonyl (C=O) groups excluding carboxylic acids is 2. The molecule has 1 unspecified atom stereocenters. The first-order valence-corrected chi connectivity index (χ1v) is 12.3. The van der Waals surface area contributed by atoms with Gasteiger partial charge in [-0.25, -0.2) is 4.39 Å². The first kappa shape index (κ1) is 24.7. The zero-order valence-corrected chi connectivity index (χ0v) is 21.2. The van der Waals surface area contributed by atoms with Crippen molar-refractivity contribution < 1.29 is 23.8 Å². The Hall–Kier alpha value is -3.45. The lowest BCUT2D eigenvalue weighted by atomic mass is 9.84. The zero-order valence-electron chi connectivity index (χ0n) is 20.4. The van der Waals surface area contributed by atoms with Gasteiger partial charge < -0.3 is 9.84 Å². The fourth-order valence-electron chi connectivity index (χ4n) is 4.34. The molecule has 1 aliphatic rings. The zero-order chi connectivity index (χ0) is 25.5. The average Bonchev–Trinajstić information content (AvgIpc) is 3.33. The normalized spacial score (nSPS) is 17.8. The molecule has 2 heterocycles. The highest BCUT2D eigenvalue weighted by atomic mass is 32.1. The summed E-state index contributed by atoms with van der Waals surface area (Å²) in [7, 11) is 0. The van der Waals surface area contributed by atoms with Crippen LogP contribution in [0.2, 0.25) is 0 Å². The maximum atomic E-state index is 14.1. The number of nitrogens with zero attached hydrogens (tertiary/aromatic N) is 1.